The Morgan fingerprint density at radius 2 is 1.86 bits per heavy atom. The second kappa shape index (κ2) is 7.59. The Labute approximate surface area is 166 Å². The van der Waals surface area contributed by atoms with Gasteiger partial charge in [-0.15, -0.1) is 0 Å². The molecule has 3 amide bonds. The summed E-state index contributed by atoms with van der Waals surface area (Å²) in [5, 5.41) is 0.683. The number of aromatic nitrogens is 1. The molecule has 1 aliphatic heterocycles. The molecule has 2 aromatic carbocycles. The van der Waals surface area contributed by atoms with E-state index < -0.39 is 11.8 Å². The van der Waals surface area contributed by atoms with Gasteiger partial charge < -0.3 is 4.74 Å². The summed E-state index contributed by atoms with van der Waals surface area (Å²) in [6, 6.07) is 15.9. The summed E-state index contributed by atoms with van der Waals surface area (Å²) in [7, 11) is 0. The number of nitrogens with one attached hydrogen (secondary N) is 2. The van der Waals surface area contributed by atoms with Crippen molar-refractivity contribution in [1.82, 2.24) is 15.8 Å². The number of fused-ring (bicyclic) bond motifs is 2. The van der Waals surface area contributed by atoms with Crippen molar-refractivity contribution in [1.29, 1.82) is 0 Å². The van der Waals surface area contributed by atoms with Crippen LogP contribution in [-0.2, 0) is 9.59 Å². The molecule has 0 saturated carbocycles. The Kier molecular flexibility index (Phi) is 4.82. The van der Waals surface area contributed by atoms with Crippen LogP contribution in [0.25, 0.3) is 10.9 Å². The van der Waals surface area contributed by atoms with Crippen molar-refractivity contribution in [2.45, 2.75) is 6.92 Å². The minimum Gasteiger partial charge on any atom is -0.482 e. The van der Waals surface area contributed by atoms with Crippen LogP contribution in [0.4, 0.5) is 5.69 Å². The lowest BCUT2D eigenvalue weighted by Crippen LogP contribution is -2.49. The average molecular weight is 390 g/mol. The van der Waals surface area contributed by atoms with Crippen LogP contribution in [0.3, 0.4) is 0 Å². The van der Waals surface area contributed by atoms with Crippen molar-refractivity contribution in [2.24, 2.45) is 0 Å². The largest absolute Gasteiger partial charge is 0.482 e. The zero-order chi connectivity index (χ0) is 20.4. The zero-order valence-corrected chi connectivity index (χ0v) is 15.6. The number of carbonyl (C=O) groups excluding carboxylic acids is 3. The van der Waals surface area contributed by atoms with Gasteiger partial charge in [0.15, 0.2) is 6.61 Å². The maximum absolute atomic E-state index is 12.6. The number of hydrogen-bond acceptors (Lipinski definition) is 5. The van der Waals surface area contributed by atoms with Crippen molar-refractivity contribution in [2.75, 3.05) is 18.1 Å². The highest BCUT2D eigenvalue weighted by Gasteiger charge is 2.27. The highest BCUT2D eigenvalue weighted by Crippen LogP contribution is 2.31. The zero-order valence-electron chi connectivity index (χ0n) is 15.6. The number of para-hydroxylation sites is 3. The molecule has 29 heavy (non-hydrogen) atoms. The van der Waals surface area contributed by atoms with Crippen molar-refractivity contribution in [3.63, 3.8) is 0 Å². The number of ether oxygens (including phenoxy) is 1. The molecule has 0 aliphatic carbocycles. The summed E-state index contributed by atoms with van der Waals surface area (Å²) >= 11 is 0. The monoisotopic (exact) mass is 390 g/mol. The molecule has 4 rings (SSSR count). The summed E-state index contributed by atoms with van der Waals surface area (Å²) in [6.07, 6.45) is 0. The second-order valence-corrected chi connectivity index (χ2v) is 6.57. The van der Waals surface area contributed by atoms with Crippen LogP contribution in [0.1, 0.15) is 16.1 Å². The summed E-state index contributed by atoms with van der Waals surface area (Å²) in [5.74, 6) is -0.796. The number of anilines is 1. The first-order valence-electron chi connectivity index (χ1n) is 9.00. The van der Waals surface area contributed by atoms with Crippen LogP contribution < -0.4 is 20.5 Å². The number of carbonyl (C=O) groups is 3. The summed E-state index contributed by atoms with van der Waals surface area (Å²) in [6.45, 7) is 1.41. The predicted octanol–water partition coefficient (Wildman–Crippen LogP) is 1.73. The highest BCUT2D eigenvalue weighted by molar-refractivity contribution is 6.07. The highest BCUT2D eigenvalue weighted by atomic mass is 16.5. The topological polar surface area (TPSA) is 101 Å². The molecule has 0 atom stereocenters. The van der Waals surface area contributed by atoms with Crippen molar-refractivity contribution in [3.8, 4) is 5.75 Å². The van der Waals surface area contributed by atoms with Gasteiger partial charge in [-0.2, -0.15) is 0 Å². The molecular formula is C21H18N4O4. The van der Waals surface area contributed by atoms with Gasteiger partial charge in [0.25, 0.3) is 17.7 Å². The molecule has 0 spiro atoms. The van der Waals surface area contributed by atoms with Crippen LogP contribution in [0.5, 0.6) is 5.75 Å². The van der Waals surface area contributed by atoms with Crippen LogP contribution >= 0.6 is 0 Å². The van der Waals surface area contributed by atoms with Gasteiger partial charge >= 0.3 is 0 Å². The van der Waals surface area contributed by atoms with Gasteiger partial charge in [0.2, 0.25) is 0 Å². The Morgan fingerprint density at radius 3 is 2.72 bits per heavy atom. The fourth-order valence-electron chi connectivity index (χ4n) is 3.20. The molecule has 0 fully saturated rings. The first-order chi connectivity index (χ1) is 14.0. The third kappa shape index (κ3) is 3.73. The van der Waals surface area contributed by atoms with E-state index in [0.717, 1.165) is 0 Å². The maximum Gasteiger partial charge on any atom is 0.270 e. The molecule has 8 heteroatoms. The van der Waals surface area contributed by atoms with E-state index in [-0.39, 0.29) is 19.1 Å². The summed E-state index contributed by atoms with van der Waals surface area (Å²) in [4.78, 5) is 42.9. The van der Waals surface area contributed by atoms with Crippen molar-refractivity contribution < 1.29 is 19.1 Å². The standard InChI is InChI=1S/C21H18N4O4/c1-13-10-15(14-6-2-3-7-16(14)22-13)21(28)24-23-19(26)11-25-17-8-4-5-9-18(17)29-12-20(25)27/h2-10H,11-12H2,1H3,(H,23,26)(H,24,28). The maximum atomic E-state index is 12.6. The molecule has 8 nitrogen and oxygen atoms in total. The number of amides is 3. The minimum absolute atomic E-state index is 0.140. The molecule has 0 bridgehead atoms. The summed E-state index contributed by atoms with van der Waals surface area (Å²) < 4.78 is 5.36. The van der Waals surface area contributed by atoms with E-state index in [0.29, 0.717) is 33.6 Å². The predicted molar refractivity (Wildman–Crippen MR) is 106 cm³/mol. The van der Waals surface area contributed by atoms with Gasteiger partial charge in [-0.3, -0.25) is 35.1 Å². The molecule has 2 N–H and O–H groups in total. The molecule has 0 unspecified atom stereocenters. The Bertz CT molecular complexity index is 1130. The van der Waals surface area contributed by atoms with Crippen LogP contribution in [0.15, 0.2) is 54.6 Å². The SMILES string of the molecule is Cc1cc(C(=O)NNC(=O)CN2C(=O)COc3ccccc32)c2ccccc2n1. The summed E-state index contributed by atoms with van der Waals surface area (Å²) in [5.41, 5.74) is 7.08. The van der Waals surface area contributed by atoms with E-state index in [4.69, 9.17) is 4.74 Å². The number of benzene rings is 2. The fourth-order valence-corrected chi connectivity index (χ4v) is 3.20. The van der Waals surface area contributed by atoms with Crippen LogP contribution in [0, 0.1) is 6.92 Å². The first kappa shape index (κ1) is 18.4. The third-order valence-electron chi connectivity index (χ3n) is 4.51. The van der Waals surface area contributed by atoms with Gasteiger partial charge in [0, 0.05) is 11.1 Å². The number of aryl methyl sites for hydroxylation is 1. The van der Waals surface area contributed by atoms with Crippen molar-refractivity contribution in [3.05, 3.63) is 65.9 Å². The van der Waals surface area contributed by atoms with Gasteiger partial charge in [0.1, 0.15) is 12.3 Å². The number of pyridine rings is 1. The molecule has 0 saturated heterocycles. The van der Waals surface area contributed by atoms with Gasteiger partial charge in [-0.25, -0.2) is 0 Å². The van der Waals surface area contributed by atoms with E-state index in [1.54, 1.807) is 43.3 Å². The van der Waals surface area contributed by atoms with Crippen LogP contribution in [0.2, 0.25) is 0 Å². The third-order valence-corrected chi connectivity index (χ3v) is 4.51. The van der Waals surface area contributed by atoms with Gasteiger partial charge in [-0.1, -0.05) is 30.3 Å². The second-order valence-electron chi connectivity index (χ2n) is 6.57. The van der Waals surface area contributed by atoms with Crippen LogP contribution in [-0.4, -0.2) is 35.9 Å². The Morgan fingerprint density at radius 1 is 1.10 bits per heavy atom. The average Bonchev–Trinajstić information content (AvgIpc) is 2.73. The molecule has 0 radical (unpaired) electrons. The lowest BCUT2D eigenvalue weighted by atomic mass is 10.1. The van der Waals surface area contributed by atoms with Crippen molar-refractivity contribution >= 4 is 34.3 Å². The molecule has 1 aliphatic rings. The lowest BCUT2D eigenvalue weighted by Gasteiger charge is -2.28. The van der Waals surface area contributed by atoms with Gasteiger partial charge in [-0.05, 0) is 31.2 Å². The molecule has 146 valence electrons. The number of hydrazine groups is 1. The molecule has 3 aromatic rings. The van der Waals surface area contributed by atoms with E-state index in [1.807, 2.05) is 18.2 Å². The number of rotatable bonds is 3. The molecule has 1 aromatic heterocycles. The smallest absolute Gasteiger partial charge is 0.270 e. The molecular weight excluding hydrogens is 372 g/mol. The first-order valence-corrected chi connectivity index (χ1v) is 9.00. The quantitative estimate of drug-likeness (QED) is 0.664. The van der Waals surface area contributed by atoms with E-state index in [9.17, 15) is 14.4 Å². The van der Waals surface area contributed by atoms with E-state index in [2.05, 4.69) is 15.8 Å². The van der Waals surface area contributed by atoms with E-state index in [1.165, 1.54) is 4.90 Å². The Balaban J connectivity index is 1.46. The number of nitrogens with zero attached hydrogens (tertiary/aromatic N) is 2. The Hall–Kier alpha value is -3.94. The van der Waals surface area contributed by atoms with Gasteiger partial charge in [0.05, 0.1) is 16.8 Å². The molecule has 2 heterocycles. The lowest BCUT2D eigenvalue weighted by molar-refractivity contribution is -0.125. The normalized spacial score (nSPS) is 12.9. The number of hydrogen-bond donors (Lipinski definition) is 2. The minimum atomic E-state index is -0.529. The van der Waals surface area contributed by atoms with E-state index >= 15 is 0 Å². The fraction of sp³-hybridized carbons (Fsp3) is 0.143.